The molecule has 0 bridgehead atoms. The average molecular weight is 332 g/mol. The van der Waals surface area contributed by atoms with Gasteiger partial charge in [-0.2, -0.15) is 0 Å². The monoisotopic (exact) mass is 332 g/mol. The Bertz CT molecular complexity index is 572. The zero-order chi connectivity index (χ0) is 16.9. The molecule has 0 radical (unpaired) electrons. The Morgan fingerprint density at radius 2 is 2.17 bits per heavy atom. The standard InChI is InChI=1S/C18H28N4O2/c1-19-15(10-21-14-5-7-20-8-6-14)12-22-11-13-9-16(24-2)3-4-17(13)18(22)23/h3-4,9,14-15,19-21H,5-8,10-12H2,1-2H3. The number of fused-ring (bicyclic) bond motifs is 1. The van der Waals surface area contributed by atoms with Crippen molar-refractivity contribution in [1.29, 1.82) is 0 Å². The average Bonchev–Trinajstić information content (AvgIpc) is 2.94. The third kappa shape index (κ3) is 3.88. The van der Waals surface area contributed by atoms with Gasteiger partial charge < -0.3 is 25.6 Å². The number of rotatable bonds is 7. The number of ether oxygens (including phenoxy) is 1. The van der Waals surface area contributed by atoms with Gasteiger partial charge >= 0.3 is 0 Å². The van der Waals surface area contributed by atoms with E-state index in [2.05, 4.69) is 16.0 Å². The van der Waals surface area contributed by atoms with Crippen LogP contribution in [0, 0.1) is 0 Å². The molecule has 1 aromatic rings. The van der Waals surface area contributed by atoms with Crippen molar-refractivity contribution in [3.8, 4) is 5.75 Å². The normalized spacial score (nSPS) is 19.4. The van der Waals surface area contributed by atoms with Gasteiger partial charge in [-0.25, -0.2) is 0 Å². The topological polar surface area (TPSA) is 65.6 Å². The lowest BCUT2D eigenvalue weighted by molar-refractivity contribution is 0.0762. The van der Waals surface area contributed by atoms with Crippen LogP contribution in [0.1, 0.15) is 28.8 Å². The van der Waals surface area contributed by atoms with Crippen molar-refractivity contribution in [3.63, 3.8) is 0 Å². The Kier molecular flexibility index (Phi) is 5.71. The summed E-state index contributed by atoms with van der Waals surface area (Å²) in [5, 5.41) is 10.4. The molecule has 0 aliphatic carbocycles. The van der Waals surface area contributed by atoms with E-state index >= 15 is 0 Å². The summed E-state index contributed by atoms with van der Waals surface area (Å²) < 4.78 is 5.26. The number of nitrogens with one attached hydrogen (secondary N) is 3. The summed E-state index contributed by atoms with van der Waals surface area (Å²) in [5.74, 6) is 0.927. The highest BCUT2D eigenvalue weighted by Crippen LogP contribution is 2.26. The van der Waals surface area contributed by atoms with Crippen LogP contribution in [0.2, 0.25) is 0 Å². The summed E-state index contributed by atoms with van der Waals surface area (Å²) in [6, 6.07) is 6.53. The van der Waals surface area contributed by atoms with Gasteiger partial charge in [0.2, 0.25) is 0 Å². The first-order valence-corrected chi connectivity index (χ1v) is 8.79. The van der Waals surface area contributed by atoms with Crippen LogP contribution >= 0.6 is 0 Å². The summed E-state index contributed by atoms with van der Waals surface area (Å²) in [6.45, 7) is 4.43. The van der Waals surface area contributed by atoms with Crippen molar-refractivity contribution < 1.29 is 9.53 Å². The number of carbonyl (C=O) groups is 1. The third-order valence-electron chi connectivity index (χ3n) is 5.03. The predicted molar refractivity (Wildman–Crippen MR) is 94.5 cm³/mol. The summed E-state index contributed by atoms with van der Waals surface area (Å²) in [7, 11) is 3.62. The molecule has 132 valence electrons. The number of nitrogens with zero attached hydrogens (tertiary/aromatic N) is 1. The van der Waals surface area contributed by atoms with Crippen molar-refractivity contribution in [1.82, 2.24) is 20.9 Å². The molecule has 1 unspecified atom stereocenters. The van der Waals surface area contributed by atoms with E-state index in [0.29, 0.717) is 19.1 Å². The molecule has 2 heterocycles. The van der Waals surface area contributed by atoms with Crippen LogP contribution in [0.4, 0.5) is 0 Å². The minimum atomic E-state index is 0.120. The van der Waals surface area contributed by atoms with Gasteiger partial charge in [0.1, 0.15) is 5.75 Å². The molecular weight excluding hydrogens is 304 g/mol. The van der Waals surface area contributed by atoms with Crippen molar-refractivity contribution in [3.05, 3.63) is 29.3 Å². The fraction of sp³-hybridized carbons (Fsp3) is 0.611. The number of methoxy groups -OCH3 is 1. The maximum Gasteiger partial charge on any atom is 0.254 e. The zero-order valence-corrected chi connectivity index (χ0v) is 14.6. The van der Waals surface area contributed by atoms with Crippen LogP contribution in [0.15, 0.2) is 18.2 Å². The number of hydrogen-bond donors (Lipinski definition) is 3. The number of piperidine rings is 1. The largest absolute Gasteiger partial charge is 0.497 e. The highest BCUT2D eigenvalue weighted by Gasteiger charge is 2.29. The highest BCUT2D eigenvalue weighted by atomic mass is 16.5. The van der Waals surface area contributed by atoms with Crippen LogP contribution in [0.5, 0.6) is 5.75 Å². The maximum absolute atomic E-state index is 12.6. The second-order valence-electron chi connectivity index (χ2n) is 6.63. The molecule has 3 N–H and O–H groups in total. The molecule has 0 aromatic heterocycles. The summed E-state index contributed by atoms with van der Waals surface area (Å²) in [4.78, 5) is 14.5. The minimum Gasteiger partial charge on any atom is -0.497 e. The molecule has 2 aliphatic rings. The molecule has 6 nitrogen and oxygen atoms in total. The summed E-state index contributed by atoms with van der Waals surface area (Å²) in [6.07, 6.45) is 2.34. The predicted octanol–water partition coefficient (Wildman–Crippen LogP) is 0.581. The summed E-state index contributed by atoms with van der Waals surface area (Å²) >= 11 is 0. The van der Waals surface area contributed by atoms with Crippen molar-refractivity contribution in [2.45, 2.75) is 31.5 Å². The zero-order valence-electron chi connectivity index (χ0n) is 14.6. The van der Waals surface area contributed by atoms with Gasteiger partial charge in [0, 0.05) is 37.3 Å². The lowest BCUT2D eigenvalue weighted by Gasteiger charge is -2.28. The maximum atomic E-state index is 12.6. The number of carbonyl (C=O) groups excluding carboxylic acids is 1. The first-order chi connectivity index (χ1) is 11.7. The quantitative estimate of drug-likeness (QED) is 0.682. The molecule has 2 aliphatic heterocycles. The molecule has 3 rings (SSSR count). The molecule has 0 spiro atoms. The van der Waals surface area contributed by atoms with Crippen LogP contribution in [0.3, 0.4) is 0 Å². The molecule has 6 heteroatoms. The van der Waals surface area contributed by atoms with E-state index in [9.17, 15) is 4.79 Å². The fourth-order valence-electron chi connectivity index (χ4n) is 3.49. The number of likely N-dealkylation sites (N-methyl/N-ethyl adjacent to an activating group) is 1. The van der Waals surface area contributed by atoms with Gasteiger partial charge in [0.05, 0.1) is 7.11 Å². The van der Waals surface area contributed by atoms with Gasteiger partial charge in [-0.1, -0.05) is 0 Å². The lowest BCUT2D eigenvalue weighted by Crippen LogP contribution is -2.49. The molecule has 1 aromatic carbocycles. The van der Waals surface area contributed by atoms with Gasteiger partial charge in [0.25, 0.3) is 5.91 Å². The molecule has 1 fully saturated rings. The summed E-state index contributed by atoms with van der Waals surface area (Å²) in [5.41, 5.74) is 1.86. The molecule has 0 saturated carbocycles. The van der Waals surface area contributed by atoms with Crippen molar-refractivity contribution in [2.75, 3.05) is 40.3 Å². The molecule has 1 atom stereocenters. The van der Waals surface area contributed by atoms with Gasteiger partial charge in [0.15, 0.2) is 0 Å². The van der Waals surface area contributed by atoms with Crippen LogP contribution in [0.25, 0.3) is 0 Å². The molecule has 1 amide bonds. The van der Waals surface area contributed by atoms with E-state index in [1.54, 1.807) is 7.11 Å². The van der Waals surface area contributed by atoms with E-state index in [4.69, 9.17) is 4.74 Å². The van der Waals surface area contributed by atoms with Crippen LogP contribution < -0.4 is 20.7 Å². The van der Waals surface area contributed by atoms with Crippen molar-refractivity contribution in [2.24, 2.45) is 0 Å². The Hall–Kier alpha value is -1.63. The van der Waals surface area contributed by atoms with Gasteiger partial charge in [-0.3, -0.25) is 4.79 Å². The number of hydrogen-bond acceptors (Lipinski definition) is 5. The van der Waals surface area contributed by atoms with Crippen molar-refractivity contribution >= 4 is 5.91 Å². The van der Waals surface area contributed by atoms with Gasteiger partial charge in [-0.05, 0) is 56.7 Å². The molecular formula is C18H28N4O2. The molecule has 24 heavy (non-hydrogen) atoms. The van der Waals surface area contributed by atoms with E-state index in [1.165, 1.54) is 12.8 Å². The Morgan fingerprint density at radius 1 is 1.38 bits per heavy atom. The third-order valence-corrected chi connectivity index (χ3v) is 5.03. The van der Waals surface area contributed by atoms with Crippen LogP contribution in [-0.2, 0) is 6.54 Å². The Balaban J connectivity index is 1.55. The fourth-order valence-corrected chi connectivity index (χ4v) is 3.49. The second-order valence-corrected chi connectivity index (χ2v) is 6.63. The smallest absolute Gasteiger partial charge is 0.254 e. The first kappa shape index (κ1) is 17.2. The lowest BCUT2D eigenvalue weighted by atomic mass is 10.1. The van der Waals surface area contributed by atoms with E-state index < -0.39 is 0 Å². The number of benzene rings is 1. The SMILES string of the molecule is CNC(CNC1CCNCC1)CN1Cc2cc(OC)ccc2C1=O. The Labute approximate surface area is 143 Å². The second kappa shape index (κ2) is 7.96. The highest BCUT2D eigenvalue weighted by molar-refractivity contribution is 5.98. The minimum absolute atomic E-state index is 0.120. The van der Waals surface area contributed by atoms with Crippen LogP contribution in [-0.4, -0.2) is 63.2 Å². The van der Waals surface area contributed by atoms with E-state index in [0.717, 1.165) is 36.5 Å². The Morgan fingerprint density at radius 3 is 2.88 bits per heavy atom. The number of amides is 1. The van der Waals surface area contributed by atoms with E-state index in [-0.39, 0.29) is 11.9 Å². The van der Waals surface area contributed by atoms with Gasteiger partial charge in [-0.15, -0.1) is 0 Å². The molecule has 1 saturated heterocycles. The first-order valence-electron chi connectivity index (χ1n) is 8.79. The van der Waals surface area contributed by atoms with E-state index in [1.807, 2.05) is 30.1 Å².